The predicted molar refractivity (Wildman–Crippen MR) is 71.5 cm³/mol. The zero-order chi connectivity index (χ0) is 12.4. The van der Waals surface area contributed by atoms with E-state index in [0.29, 0.717) is 10.2 Å². The molecule has 1 aliphatic rings. The van der Waals surface area contributed by atoms with Gasteiger partial charge in [-0.3, -0.25) is 4.90 Å². The fraction of sp³-hybridized carbons (Fsp3) is 0.583. The number of hydrogen-bond acceptors (Lipinski definition) is 3. The topological polar surface area (TPSA) is 42.1 Å². The molecule has 0 unspecified atom stereocenters. The van der Waals surface area contributed by atoms with Crippen LogP contribution in [-0.4, -0.2) is 29.0 Å². The van der Waals surface area contributed by atoms with E-state index in [1.54, 1.807) is 0 Å². The molecule has 17 heavy (non-hydrogen) atoms. The lowest BCUT2D eigenvalue weighted by Gasteiger charge is -2.31. The van der Waals surface area contributed by atoms with Crippen LogP contribution in [0.5, 0.6) is 0 Å². The Morgan fingerprint density at radius 2 is 2.29 bits per heavy atom. The summed E-state index contributed by atoms with van der Waals surface area (Å²) in [5, 5.41) is 1.20. The Labute approximate surface area is 112 Å². The van der Waals surface area contributed by atoms with Gasteiger partial charge in [-0.1, -0.05) is 23.2 Å². The number of aryl methyl sites for hydroxylation is 1. The molecule has 5 heteroatoms. The second-order valence-electron chi connectivity index (χ2n) is 4.65. The van der Waals surface area contributed by atoms with Crippen LogP contribution in [0.1, 0.15) is 24.1 Å². The van der Waals surface area contributed by atoms with E-state index in [9.17, 15) is 0 Å². The Morgan fingerprint density at radius 3 is 2.94 bits per heavy atom. The summed E-state index contributed by atoms with van der Waals surface area (Å²) in [5.74, 6) is 0. The summed E-state index contributed by atoms with van der Waals surface area (Å²) >= 11 is 12.3. The summed E-state index contributed by atoms with van der Waals surface area (Å²) in [6, 6.07) is 2.12. The smallest absolute Gasteiger partial charge is 0.135 e. The lowest BCUT2D eigenvalue weighted by molar-refractivity contribution is 0.201. The summed E-state index contributed by atoms with van der Waals surface area (Å²) in [4.78, 5) is 6.53. The maximum absolute atomic E-state index is 6.21. The predicted octanol–water partition coefficient (Wildman–Crippen LogP) is 2.62. The Bertz CT molecular complexity index is 386. The highest BCUT2D eigenvalue weighted by Crippen LogP contribution is 2.26. The molecule has 94 valence electrons. The number of rotatable bonds is 2. The lowest BCUT2D eigenvalue weighted by atomic mass is 10.1. The van der Waals surface area contributed by atoms with Crippen LogP contribution in [-0.2, 0) is 6.54 Å². The van der Waals surface area contributed by atoms with E-state index in [1.165, 1.54) is 0 Å². The molecule has 3 nitrogen and oxygen atoms in total. The first-order valence-electron chi connectivity index (χ1n) is 5.85. The van der Waals surface area contributed by atoms with Crippen molar-refractivity contribution in [3.63, 3.8) is 0 Å². The second-order valence-corrected chi connectivity index (χ2v) is 5.42. The van der Waals surface area contributed by atoms with Crippen LogP contribution >= 0.6 is 23.2 Å². The summed E-state index contributed by atoms with van der Waals surface area (Å²) in [6.45, 7) is 4.58. The van der Waals surface area contributed by atoms with Gasteiger partial charge in [0.05, 0.1) is 0 Å². The third kappa shape index (κ3) is 3.32. The molecule has 1 aliphatic heterocycles. The first kappa shape index (κ1) is 13.1. The fourth-order valence-electron chi connectivity index (χ4n) is 2.22. The van der Waals surface area contributed by atoms with E-state index in [1.807, 2.05) is 13.0 Å². The second kappa shape index (κ2) is 5.53. The molecule has 2 heterocycles. The van der Waals surface area contributed by atoms with Gasteiger partial charge in [-0.25, -0.2) is 4.98 Å². The van der Waals surface area contributed by atoms with Gasteiger partial charge in [0.15, 0.2) is 0 Å². The maximum Gasteiger partial charge on any atom is 0.135 e. The first-order chi connectivity index (χ1) is 8.06. The standard InChI is InChI=1S/C12H17Cl2N3/c1-8-5-11(13)10(12(14)16-8)7-17-4-2-3-9(15)6-17/h5,9H,2-4,6-7,15H2,1H3/t9-/m1/s1. The molecule has 1 aromatic heterocycles. The number of nitrogens with zero attached hydrogens (tertiary/aromatic N) is 2. The highest BCUT2D eigenvalue weighted by atomic mass is 35.5. The molecule has 0 radical (unpaired) electrons. The van der Waals surface area contributed by atoms with Gasteiger partial charge >= 0.3 is 0 Å². The molecule has 0 amide bonds. The highest BCUT2D eigenvalue weighted by Gasteiger charge is 2.19. The van der Waals surface area contributed by atoms with Gasteiger partial charge < -0.3 is 5.73 Å². The Morgan fingerprint density at radius 1 is 1.53 bits per heavy atom. The van der Waals surface area contributed by atoms with E-state index >= 15 is 0 Å². The quantitative estimate of drug-likeness (QED) is 0.843. The summed E-state index contributed by atoms with van der Waals surface area (Å²) in [5.41, 5.74) is 7.71. The molecule has 0 aliphatic carbocycles. The zero-order valence-electron chi connectivity index (χ0n) is 9.92. The van der Waals surface area contributed by atoms with E-state index in [4.69, 9.17) is 28.9 Å². The normalized spacial score (nSPS) is 21.8. The average molecular weight is 274 g/mol. The molecule has 2 N–H and O–H groups in total. The van der Waals surface area contributed by atoms with E-state index in [2.05, 4.69) is 9.88 Å². The molecule has 2 rings (SSSR count). The van der Waals surface area contributed by atoms with Gasteiger partial charge in [-0.2, -0.15) is 0 Å². The molecule has 0 spiro atoms. The van der Waals surface area contributed by atoms with Gasteiger partial charge in [0, 0.05) is 35.4 Å². The fourth-order valence-corrected chi connectivity index (χ4v) is 2.87. The van der Waals surface area contributed by atoms with Crippen LogP contribution in [0, 0.1) is 6.92 Å². The van der Waals surface area contributed by atoms with E-state index in [0.717, 1.165) is 43.7 Å². The third-order valence-electron chi connectivity index (χ3n) is 3.07. The Balaban J connectivity index is 2.12. The van der Waals surface area contributed by atoms with Crippen molar-refractivity contribution in [3.8, 4) is 0 Å². The van der Waals surface area contributed by atoms with Crippen molar-refractivity contribution in [2.24, 2.45) is 5.73 Å². The van der Waals surface area contributed by atoms with Crippen molar-refractivity contribution in [3.05, 3.63) is 27.5 Å². The summed E-state index contributed by atoms with van der Waals surface area (Å²) in [6.07, 6.45) is 2.24. The van der Waals surface area contributed by atoms with Crippen LogP contribution < -0.4 is 5.73 Å². The van der Waals surface area contributed by atoms with Crippen molar-refractivity contribution in [1.82, 2.24) is 9.88 Å². The first-order valence-corrected chi connectivity index (χ1v) is 6.61. The molecule has 1 fully saturated rings. The number of likely N-dealkylation sites (tertiary alicyclic amines) is 1. The molecule has 1 saturated heterocycles. The number of nitrogens with two attached hydrogens (primary N) is 1. The van der Waals surface area contributed by atoms with Crippen molar-refractivity contribution in [2.75, 3.05) is 13.1 Å². The van der Waals surface area contributed by atoms with E-state index in [-0.39, 0.29) is 6.04 Å². The van der Waals surface area contributed by atoms with Gasteiger partial charge in [-0.15, -0.1) is 0 Å². The number of hydrogen-bond donors (Lipinski definition) is 1. The Kier molecular flexibility index (Phi) is 4.26. The summed E-state index contributed by atoms with van der Waals surface area (Å²) < 4.78 is 0. The number of halogens is 2. The lowest BCUT2D eigenvalue weighted by Crippen LogP contribution is -2.42. The molecule has 1 atom stereocenters. The van der Waals surface area contributed by atoms with Crippen LogP contribution in [0.25, 0.3) is 0 Å². The van der Waals surface area contributed by atoms with Crippen molar-refractivity contribution < 1.29 is 0 Å². The molecule has 1 aromatic rings. The molecule has 0 aromatic carbocycles. The summed E-state index contributed by atoms with van der Waals surface area (Å²) in [7, 11) is 0. The maximum atomic E-state index is 6.21. The molecular weight excluding hydrogens is 257 g/mol. The molecule has 0 bridgehead atoms. The number of pyridine rings is 1. The average Bonchev–Trinajstić information content (AvgIpc) is 2.23. The van der Waals surface area contributed by atoms with Crippen LogP contribution in [0.15, 0.2) is 6.07 Å². The largest absolute Gasteiger partial charge is 0.327 e. The van der Waals surface area contributed by atoms with Crippen LogP contribution in [0.2, 0.25) is 10.2 Å². The number of piperidine rings is 1. The highest BCUT2D eigenvalue weighted by molar-refractivity contribution is 6.35. The van der Waals surface area contributed by atoms with Crippen LogP contribution in [0.3, 0.4) is 0 Å². The minimum atomic E-state index is 0.264. The van der Waals surface area contributed by atoms with Crippen LogP contribution in [0.4, 0.5) is 0 Å². The monoisotopic (exact) mass is 273 g/mol. The van der Waals surface area contributed by atoms with Gasteiger partial charge in [0.1, 0.15) is 5.15 Å². The van der Waals surface area contributed by atoms with Crippen molar-refractivity contribution in [2.45, 2.75) is 32.4 Å². The van der Waals surface area contributed by atoms with E-state index < -0.39 is 0 Å². The Hall–Kier alpha value is -0.350. The minimum absolute atomic E-state index is 0.264. The zero-order valence-corrected chi connectivity index (χ0v) is 11.4. The SMILES string of the molecule is Cc1cc(Cl)c(CN2CCC[C@@H](N)C2)c(Cl)n1. The van der Waals surface area contributed by atoms with Gasteiger partial charge in [0.2, 0.25) is 0 Å². The van der Waals surface area contributed by atoms with Gasteiger partial charge in [-0.05, 0) is 32.4 Å². The third-order valence-corrected chi connectivity index (χ3v) is 3.72. The molecular formula is C12H17Cl2N3. The van der Waals surface area contributed by atoms with Crippen molar-refractivity contribution in [1.29, 1.82) is 0 Å². The number of aromatic nitrogens is 1. The molecule has 0 saturated carbocycles. The minimum Gasteiger partial charge on any atom is -0.327 e. The van der Waals surface area contributed by atoms with Gasteiger partial charge in [0.25, 0.3) is 0 Å². The van der Waals surface area contributed by atoms with Crippen molar-refractivity contribution >= 4 is 23.2 Å².